The van der Waals surface area contributed by atoms with Gasteiger partial charge in [-0.2, -0.15) is 0 Å². The molecular weight excluding hydrogens is 275 g/mol. The highest BCUT2D eigenvalue weighted by Crippen LogP contribution is 2.30. The van der Waals surface area contributed by atoms with Gasteiger partial charge in [0.2, 0.25) is 0 Å². The number of hydrogen-bond donors (Lipinski definition) is 2. The van der Waals surface area contributed by atoms with Crippen LogP contribution in [0.4, 0.5) is 0 Å². The number of carbonyl (C=O) groups excluding carboxylic acids is 1. The van der Waals surface area contributed by atoms with Crippen LogP contribution in [0.1, 0.15) is 36.2 Å². The highest BCUT2D eigenvalue weighted by Gasteiger charge is 2.33. The molecule has 0 aromatic carbocycles. The van der Waals surface area contributed by atoms with Crippen LogP contribution in [0, 0.1) is 0 Å². The van der Waals surface area contributed by atoms with Crippen LogP contribution in [0.25, 0.3) is 0 Å². The van der Waals surface area contributed by atoms with E-state index < -0.39 is 5.60 Å². The highest BCUT2D eigenvalue weighted by atomic mass is 35.5. The molecule has 100 valence electrons. The number of amides is 1. The van der Waals surface area contributed by atoms with Crippen molar-refractivity contribution in [2.75, 3.05) is 13.6 Å². The normalized spacial score (nSPS) is 18.0. The van der Waals surface area contributed by atoms with Gasteiger partial charge in [0.05, 0.1) is 10.6 Å². The summed E-state index contributed by atoms with van der Waals surface area (Å²) >= 11 is 11.6. The molecule has 1 heterocycles. The Labute approximate surface area is 116 Å². The molecule has 18 heavy (non-hydrogen) atoms. The average Bonchev–Trinajstić information content (AvgIpc) is 2.86. The fourth-order valence-electron chi connectivity index (χ4n) is 2.43. The van der Waals surface area contributed by atoms with E-state index in [1.165, 1.54) is 11.0 Å². The largest absolute Gasteiger partial charge is 0.388 e. The summed E-state index contributed by atoms with van der Waals surface area (Å²) in [7, 11) is 1.67. The van der Waals surface area contributed by atoms with Gasteiger partial charge in [0.1, 0.15) is 10.8 Å². The molecule has 0 bridgehead atoms. The molecular formula is C12H16Cl2N2O2. The molecule has 4 nitrogen and oxygen atoms in total. The molecule has 0 radical (unpaired) electrons. The first-order chi connectivity index (χ1) is 8.41. The fourth-order valence-corrected chi connectivity index (χ4v) is 2.74. The standard InChI is InChI=1S/C12H16Cl2N2O2/c1-16(7-12(18)4-2-3-5-12)11(17)9-6-8(13)10(14)15-9/h6,15,18H,2-5,7H2,1H3. The van der Waals surface area contributed by atoms with Crippen molar-refractivity contribution in [3.8, 4) is 0 Å². The molecule has 2 rings (SSSR count). The second-order valence-corrected chi connectivity index (χ2v) is 5.72. The van der Waals surface area contributed by atoms with E-state index in [0.717, 1.165) is 25.7 Å². The van der Waals surface area contributed by atoms with E-state index >= 15 is 0 Å². The Morgan fingerprint density at radius 2 is 2.11 bits per heavy atom. The van der Waals surface area contributed by atoms with Crippen LogP contribution in [-0.4, -0.2) is 40.1 Å². The smallest absolute Gasteiger partial charge is 0.270 e. The van der Waals surface area contributed by atoms with E-state index in [9.17, 15) is 9.90 Å². The number of rotatable bonds is 3. The lowest BCUT2D eigenvalue weighted by atomic mass is 10.0. The lowest BCUT2D eigenvalue weighted by Gasteiger charge is -2.28. The number of nitrogens with one attached hydrogen (secondary N) is 1. The molecule has 1 aromatic heterocycles. The third-order valence-electron chi connectivity index (χ3n) is 3.37. The van der Waals surface area contributed by atoms with Gasteiger partial charge in [0.15, 0.2) is 0 Å². The maximum absolute atomic E-state index is 12.1. The number of aromatic amines is 1. The van der Waals surface area contributed by atoms with Crippen molar-refractivity contribution in [2.24, 2.45) is 0 Å². The molecule has 1 aliphatic rings. The highest BCUT2D eigenvalue weighted by molar-refractivity contribution is 6.41. The molecule has 0 aliphatic heterocycles. The number of likely N-dealkylation sites (N-methyl/N-ethyl adjacent to an activating group) is 1. The van der Waals surface area contributed by atoms with Gasteiger partial charge in [0, 0.05) is 13.6 Å². The molecule has 0 unspecified atom stereocenters. The van der Waals surface area contributed by atoms with Crippen molar-refractivity contribution in [1.29, 1.82) is 0 Å². The first-order valence-electron chi connectivity index (χ1n) is 5.93. The molecule has 1 aromatic rings. The topological polar surface area (TPSA) is 56.3 Å². The maximum Gasteiger partial charge on any atom is 0.270 e. The quantitative estimate of drug-likeness (QED) is 0.899. The number of aliphatic hydroxyl groups is 1. The van der Waals surface area contributed by atoms with Crippen LogP contribution in [-0.2, 0) is 0 Å². The van der Waals surface area contributed by atoms with Gasteiger partial charge in [-0.25, -0.2) is 0 Å². The molecule has 1 fully saturated rings. The van der Waals surface area contributed by atoms with E-state index in [0.29, 0.717) is 17.3 Å². The summed E-state index contributed by atoms with van der Waals surface area (Å²) < 4.78 is 0. The minimum atomic E-state index is -0.745. The zero-order valence-corrected chi connectivity index (χ0v) is 11.7. The Morgan fingerprint density at radius 3 is 2.61 bits per heavy atom. The number of carbonyl (C=O) groups is 1. The third-order valence-corrected chi connectivity index (χ3v) is 4.06. The van der Waals surface area contributed by atoms with Gasteiger partial charge in [-0.15, -0.1) is 0 Å². The summed E-state index contributed by atoms with van der Waals surface area (Å²) in [5.41, 5.74) is -0.404. The van der Waals surface area contributed by atoms with Gasteiger partial charge in [0.25, 0.3) is 5.91 Å². The van der Waals surface area contributed by atoms with Crippen molar-refractivity contribution < 1.29 is 9.90 Å². The predicted molar refractivity (Wildman–Crippen MR) is 71.2 cm³/mol. The van der Waals surface area contributed by atoms with Crippen molar-refractivity contribution in [3.05, 3.63) is 21.9 Å². The predicted octanol–water partition coefficient (Wildman–Crippen LogP) is 2.70. The van der Waals surface area contributed by atoms with Gasteiger partial charge in [-0.3, -0.25) is 4.79 Å². The Hall–Kier alpha value is -0.710. The zero-order valence-electron chi connectivity index (χ0n) is 10.2. The maximum atomic E-state index is 12.1. The van der Waals surface area contributed by atoms with Crippen molar-refractivity contribution >= 4 is 29.1 Å². The Bertz CT molecular complexity index is 433. The van der Waals surface area contributed by atoms with Crippen LogP contribution < -0.4 is 0 Å². The number of H-pyrrole nitrogens is 1. The first-order valence-corrected chi connectivity index (χ1v) is 6.69. The summed E-state index contributed by atoms with van der Waals surface area (Å²) in [5.74, 6) is -0.218. The summed E-state index contributed by atoms with van der Waals surface area (Å²) in [6.07, 6.45) is 3.52. The van der Waals surface area contributed by atoms with E-state index in [1.54, 1.807) is 7.05 Å². The fraction of sp³-hybridized carbons (Fsp3) is 0.583. The second kappa shape index (κ2) is 5.11. The summed E-state index contributed by atoms with van der Waals surface area (Å²) in [6, 6.07) is 1.50. The Balaban J connectivity index is 2.04. The minimum absolute atomic E-state index is 0.218. The van der Waals surface area contributed by atoms with Gasteiger partial charge < -0.3 is 15.0 Å². The molecule has 6 heteroatoms. The van der Waals surface area contributed by atoms with Crippen molar-refractivity contribution in [2.45, 2.75) is 31.3 Å². The lowest BCUT2D eigenvalue weighted by molar-refractivity contribution is 0.0155. The van der Waals surface area contributed by atoms with Crippen LogP contribution in [0.5, 0.6) is 0 Å². The van der Waals surface area contributed by atoms with Crippen molar-refractivity contribution in [1.82, 2.24) is 9.88 Å². The number of hydrogen-bond acceptors (Lipinski definition) is 2. The molecule has 0 atom stereocenters. The van der Waals surface area contributed by atoms with Crippen LogP contribution in [0.15, 0.2) is 6.07 Å². The lowest BCUT2D eigenvalue weighted by Crippen LogP contribution is -2.42. The van der Waals surface area contributed by atoms with E-state index in [1.807, 2.05) is 0 Å². The zero-order chi connectivity index (χ0) is 13.3. The summed E-state index contributed by atoms with van der Waals surface area (Å²) in [6.45, 7) is 0.333. The number of halogens is 2. The Morgan fingerprint density at radius 1 is 1.50 bits per heavy atom. The van der Waals surface area contributed by atoms with Gasteiger partial charge in [-0.05, 0) is 18.9 Å². The number of nitrogens with zero attached hydrogens (tertiary/aromatic N) is 1. The molecule has 1 aliphatic carbocycles. The van der Waals surface area contributed by atoms with Gasteiger partial charge >= 0.3 is 0 Å². The summed E-state index contributed by atoms with van der Waals surface area (Å²) in [5, 5.41) is 10.8. The Kier molecular flexibility index (Phi) is 3.90. The van der Waals surface area contributed by atoms with Crippen molar-refractivity contribution in [3.63, 3.8) is 0 Å². The minimum Gasteiger partial charge on any atom is -0.388 e. The van der Waals surface area contributed by atoms with Crippen LogP contribution >= 0.6 is 23.2 Å². The van der Waals surface area contributed by atoms with E-state index in [2.05, 4.69) is 4.98 Å². The van der Waals surface area contributed by atoms with Crippen LogP contribution in [0.2, 0.25) is 10.2 Å². The van der Waals surface area contributed by atoms with E-state index in [-0.39, 0.29) is 11.1 Å². The second-order valence-electron chi connectivity index (χ2n) is 4.94. The average molecular weight is 291 g/mol. The van der Waals surface area contributed by atoms with E-state index in [4.69, 9.17) is 23.2 Å². The van der Waals surface area contributed by atoms with Crippen LogP contribution in [0.3, 0.4) is 0 Å². The van der Waals surface area contributed by atoms with Gasteiger partial charge in [-0.1, -0.05) is 36.0 Å². The SMILES string of the molecule is CN(CC1(O)CCCC1)C(=O)c1cc(Cl)c(Cl)[nH]1. The molecule has 0 spiro atoms. The third kappa shape index (κ3) is 2.82. The molecule has 2 N–H and O–H groups in total. The first kappa shape index (κ1) is 13.7. The molecule has 1 amide bonds. The summed E-state index contributed by atoms with van der Waals surface area (Å²) in [4.78, 5) is 16.3. The molecule has 0 saturated heterocycles. The monoisotopic (exact) mass is 290 g/mol. The molecule has 1 saturated carbocycles. The number of aromatic nitrogens is 1.